The van der Waals surface area contributed by atoms with E-state index < -0.39 is 11.6 Å². The van der Waals surface area contributed by atoms with Crippen molar-refractivity contribution in [3.8, 4) is 0 Å². The lowest BCUT2D eigenvalue weighted by Crippen LogP contribution is -2.55. The lowest BCUT2D eigenvalue weighted by Gasteiger charge is -2.29. The Hall–Kier alpha value is -2.12. The number of hydrogen-bond acceptors (Lipinski definition) is 4. The van der Waals surface area contributed by atoms with Crippen molar-refractivity contribution in [2.75, 3.05) is 32.6 Å². The number of nitrogens with zero attached hydrogens (tertiary/aromatic N) is 1. The van der Waals surface area contributed by atoms with Gasteiger partial charge in [0.15, 0.2) is 0 Å². The second-order valence-corrected chi connectivity index (χ2v) is 5.76. The minimum absolute atomic E-state index is 0.165. The van der Waals surface area contributed by atoms with Crippen LogP contribution in [0.25, 0.3) is 0 Å². The number of amides is 3. The average Bonchev–Trinajstić information content (AvgIpc) is 2.54. The third-order valence-electron chi connectivity index (χ3n) is 3.80. The summed E-state index contributed by atoms with van der Waals surface area (Å²) in [4.78, 5) is 25.6. The fraction of sp³-hybridized carbons (Fsp3) is 0.500. The minimum Gasteiger partial charge on any atom is -0.394 e. The van der Waals surface area contributed by atoms with Crippen LogP contribution in [0.15, 0.2) is 18.2 Å². The summed E-state index contributed by atoms with van der Waals surface area (Å²) in [7, 11) is 3.31. The highest BCUT2D eigenvalue weighted by Crippen LogP contribution is 2.18. The molecule has 23 heavy (non-hydrogen) atoms. The molecule has 0 unspecified atom stereocenters. The number of urea groups is 1. The Kier molecular flexibility index (Phi) is 6.53. The van der Waals surface area contributed by atoms with Crippen LogP contribution in [0.1, 0.15) is 29.3 Å². The number of nitrogens with one attached hydrogen (secondary N) is 2. The maximum Gasteiger partial charge on any atom is 0.319 e. The van der Waals surface area contributed by atoms with Crippen molar-refractivity contribution in [3.05, 3.63) is 29.3 Å². The molecule has 1 rings (SSSR count). The fourth-order valence-corrected chi connectivity index (χ4v) is 1.98. The van der Waals surface area contributed by atoms with Gasteiger partial charge in [-0.15, -0.1) is 0 Å². The van der Waals surface area contributed by atoms with Gasteiger partial charge in [-0.05, 0) is 31.0 Å². The predicted octanol–water partition coefficient (Wildman–Crippen LogP) is 0.952. The molecule has 0 atom stereocenters. The highest BCUT2D eigenvalue weighted by atomic mass is 16.3. The Bertz CT molecular complexity index is 560. The molecule has 0 saturated carbocycles. The first kappa shape index (κ1) is 18.9. The molecule has 0 radical (unpaired) electrons. The topological polar surface area (TPSA) is 102 Å². The monoisotopic (exact) mass is 323 g/mol. The molecule has 3 amide bonds. The van der Waals surface area contributed by atoms with E-state index in [-0.39, 0.29) is 19.1 Å². The Labute approximate surface area is 136 Å². The maximum atomic E-state index is 12.1. The number of aliphatic hydroxyl groups excluding tert-OH is 2. The number of aryl methyl sites for hydroxylation is 1. The first-order valence-corrected chi connectivity index (χ1v) is 7.41. The number of benzene rings is 1. The Morgan fingerprint density at radius 2 is 1.83 bits per heavy atom. The van der Waals surface area contributed by atoms with Gasteiger partial charge in [0.2, 0.25) is 0 Å². The van der Waals surface area contributed by atoms with Crippen LogP contribution in [0.4, 0.5) is 10.5 Å². The van der Waals surface area contributed by atoms with Crippen LogP contribution in [0.2, 0.25) is 0 Å². The summed E-state index contributed by atoms with van der Waals surface area (Å²) >= 11 is 0. The summed E-state index contributed by atoms with van der Waals surface area (Å²) in [6.45, 7) is 2.83. The lowest BCUT2D eigenvalue weighted by molar-refractivity contribution is 0.0827. The van der Waals surface area contributed by atoms with Crippen molar-refractivity contribution < 1.29 is 19.8 Å². The van der Waals surface area contributed by atoms with Gasteiger partial charge in [0.05, 0.1) is 18.8 Å². The normalized spacial score (nSPS) is 11.0. The van der Waals surface area contributed by atoms with E-state index in [4.69, 9.17) is 0 Å². The molecule has 4 N–H and O–H groups in total. The zero-order valence-corrected chi connectivity index (χ0v) is 14.0. The van der Waals surface area contributed by atoms with E-state index in [1.165, 1.54) is 4.90 Å². The van der Waals surface area contributed by atoms with Crippen molar-refractivity contribution in [2.45, 2.75) is 25.8 Å². The molecule has 0 fully saturated rings. The molecule has 0 aliphatic heterocycles. The zero-order chi connectivity index (χ0) is 17.6. The molecule has 0 spiro atoms. The molecule has 0 bridgehead atoms. The maximum absolute atomic E-state index is 12.1. The van der Waals surface area contributed by atoms with Crippen LogP contribution in [-0.4, -0.2) is 59.9 Å². The molecule has 0 heterocycles. The summed E-state index contributed by atoms with van der Waals surface area (Å²) in [5, 5.41) is 24.0. The van der Waals surface area contributed by atoms with Crippen molar-refractivity contribution >= 4 is 17.6 Å². The summed E-state index contributed by atoms with van der Waals surface area (Å²) in [5.41, 5.74) is 0.679. The van der Waals surface area contributed by atoms with Gasteiger partial charge < -0.3 is 25.7 Å². The molecule has 1 aromatic carbocycles. The zero-order valence-electron chi connectivity index (χ0n) is 14.0. The van der Waals surface area contributed by atoms with E-state index >= 15 is 0 Å². The summed E-state index contributed by atoms with van der Waals surface area (Å²) < 4.78 is 0. The number of carbonyl (C=O) groups is 2. The van der Waals surface area contributed by atoms with E-state index in [1.807, 2.05) is 6.92 Å². The molecule has 0 aliphatic rings. The summed E-state index contributed by atoms with van der Waals surface area (Å²) in [6.07, 6.45) is 0.381. The van der Waals surface area contributed by atoms with E-state index in [0.29, 0.717) is 17.7 Å². The van der Waals surface area contributed by atoms with E-state index in [0.717, 1.165) is 5.56 Å². The number of aliphatic hydroxyl groups is 2. The molecular weight excluding hydrogens is 298 g/mol. The largest absolute Gasteiger partial charge is 0.394 e. The third kappa shape index (κ3) is 4.67. The second kappa shape index (κ2) is 7.94. The standard InChI is InChI=1S/C16H25N3O4/c1-5-16(9-20,10-21)18-15(23)17-13-8-12(7-6-11(13)2)14(22)19(3)4/h6-8,20-21H,5,9-10H2,1-4H3,(H2,17,18,23). The Morgan fingerprint density at radius 3 is 2.30 bits per heavy atom. The van der Waals surface area contributed by atoms with Gasteiger partial charge in [0.25, 0.3) is 5.91 Å². The predicted molar refractivity (Wildman–Crippen MR) is 88.5 cm³/mol. The average molecular weight is 323 g/mol. The second-order valence-electron chi connectivity index (χ2n) is 5.76. The number of carbonyl (C=O) groups excluding carboxylic acids is 2. The van der Waals surface area contributed by atoms with Crippen LogP contribution < -0.4 is 10.6 Å². The molecule has 0 aromatic heterocycles. The van der Waals surface area contributed by atoms with Gasteiger partial charge in [-0.3, -0.25) is 4.79 Å². The van der Waals surface area contributed by atoms with Crippen LogP contribution in [0.5, 0.6) is 0 Å². The molecule has 7 heteroatoms. The first-order chi connectivity index (χ1) is 10.8. The highest BCUT2D eigenvalue weighted by Gasteiger charge is 2.28. The van der Waals surface area contributed by atoms with Crippen molar-refractivity contribution in [1.82, 2.24) is 10.2 Å². The Morgan fingerprint density at radius 1 is 1.22 bits per heavy atom. The van der Waals surface area contributed by atoms with Gasteiger partial charge in [0, 0.05) is 25.3 Å². The van der Waals surface area contributed by atoms with Gasteiger partial charge in [-0.25, -0.2) is 4.79 Å². The van der Waals surface area contributed by atoms with Crippen molar-refractivity contribution in [2.24, 2.45) is 0 Å². The number of rotatable bonds is 6. The number of hydrogen-bond donors (Lipinski definition) is 4. The van der Waals surface area contributed by atoms with Crippen molar-refractivity contribution in [1.29, 1.82) is 0 Å². The first-order valence-electron chi connectivity index (χ1n) is 7.41. The smallest absolute Gasteiger partial charge is 0.319 e. The van der Waals surface area contributed by atoms with Gasteiger partial charge in [0.1, 0.15) is 0 Å². The van der Waals surface area contributed by atoms with Crippen LogP contribution in [-0.2, 0) is 0 Å². The van der Waals surface area contributed by atoms with E-state index in [2.05, 4.69) is 10.6 Å². The van der Waals surface area contributed by atoms with E-state index in [9.17, 15) is 19.8 Å². The summed E-state index contributed by atoms with van der Waals surface area (Å²) in [6, 6.07) is 4.49. The molecule has 128 valence electrons. The quantitative estimate of drug-likeness (QED) is 0.626. The van der Waals surface area contributed by atoms with Crippen molar-refractivity contribution in [3.63, 3.8) is 0 Å². The molecular formula is C16H25N3O4. The molecule has 0 saturated heterocycles. The minimum atomic E-state index is -1.07. The summed E-state index contributed by atoms with van der Waals surface area (Å²) in [5.74, 6) is -0.165. The van der Waals surface area contributed by atoms with Gasteiger partial charge in [-0.2, -0.15) is 0 Å². The van der Waals surface area contributed by atoms with Gasteiger partial charge in [-0.1, -0.05) is 13.0 Å². The SMILES string of the molecule is CCC(CO)(CO)NC(=O)Nc1cc(C(=O)N(C)C)ccc1C. The van der Waals surface area contributed by atoms with Gasteiger partial charge >= 0.3 is 6.03 Å². The van der Waals surface area contributed by atoms with E-state index in [1.54, 1.807) is 39.2 Å². The number of anilines is 1. The van der Waals surface area contributed by atoms with Crippen LogP contribution in [0.3, 0.4) is 0 Å². The highest BCUT2D eigenvalue weighted by molar-refractivity contribution is 5.97. The molecule has 1 aromatic rings. The van der Waals surface area contributed by atoms with Crippen LogP contribution >= 0.6 is 0 Å². The molecule has 7 nitrogen and oxygen atoms in total. The molecule has 0 aliphatic carbocycles. The van der Waals surface area contributed by atoms with Crippen LogP contribution in [0, 0.1) is 6.92 Å². The third-order valence-corrected chi connectivity index (χ3v) is 3.80. The Balaban J connectivity index is 2.94. The lowest BCUT2D eigenvalue weighted by atomic mass is 9.99. The fourth-order valence-electron chi connectivity index (χ4n) is 1.98.